The van der Waals surface area contributed by atoms with Crippen molar-refractivity contribution in [3.8, 4) is 5.75 Å². The monoisotopic (exact) mass is 277 g/mol. The third kappa shape index (κ3) is 2.08. The molecule has 0 aromatic heterocycles. The standard InChI is InChI=1S/C13H11NO4S/c15-10-6-11-14(10)12(13(16)17)9(19-11)7-18-8-4-2-1-3-5-8/h1-5,11H,6-7H2,(H,16,17)/t11-/m0/s1. The Kier molecular flexibility index (Phi) is 2.94. The molecule has 19 heavy (non-hydrogen) atoms. The Labute approximate surface area is 113 Å². The SMILES string of the molecule is O=C(O)C1=C(COc2ccccc2)S[C@H]2CC(=O)N12. The lowest BCUT2D eigenvalue weighted by atomic mass is 10.1. The summed E-state index contributed by atoms with van der Waals surface area (Å²) in [5.41, 5.74) is 0.0715. The van der Waals surface area contributed by atoms with Crippen molar-refractivity contribution in [3.05, 3.63) is 40.9 Å². The highest BCUT2D eigenvalue weighted by molar-refractivity contribution is 8.04. The first kappa shape index (κ1) is 12.1. The Bertz CT molecular complexity index is 569. The van der Waals surface area contributed by atoms with E-state index < -0.39 is 5.97 Å². The summed E-state index contributed by atoms with van der Waals surface area (Å²) in [5, 5.41) is 9.14. The number of fused-ring (bicyclic) bond motifs is 1. The molecule has 0 radical (unpaired) electrons. The molecule has 0 unspecified atom stereocenters. The van der Waals surface area contributed by atoms with Crippen LogP contribution in [0.5, 0.6) is 5.75 Å². The highest BCUT2D eigenvalue weighted by Gasteiger charge is 2.48. The molecule has 1 saturated heterocycles. The third-order valence-electron chi connectivity index (χ3n) is 3.00. The number of ether oxygens (including phenoxy) is 1. The number of hydrogen-bond acceptors (Lipinski definition) is 4. The average molecular weight is 277 g/mol. The van der Waals surface area contributed by atoms with Crippen molar-refractivity contribution in [2.24, 2.45) is 0 Å². The summed E-state index contributed by atoms with van der Waals surface area (Å²) in [6.07, 6.45) is 0.399. The number of rotatable bonds is 4. The molecule has 5 nitrogen and oxygen atoms in total. The van der Waals surface area contributed by atoms with E-state index in [1.165, 1.54) is 16.7 Å². The van der Waals surface area contributed by atoms with E-state index in [-0.39, 0.29) is 23.6 Å². The second kappa shape index (κ2) is 4.62. The molecule has 1 amide bonds. The van der Waals surface area contributed by atoms with Crippen molar-refractivity contribution >= 4 is 23.6 Å². The van der Waals surface area contributed by atoms with E-state index in [1.54, 1.807) is 12.1 Å². The van der Waals surface area contributed by atoms with Gasteiger partial charge in [0, 0.05) is 0 Å². The number of nitrogens with zero attached hydrogens (tertiary/aromatic N) is 1. The molecular formula is C13H11NO4S. The minimum atomic E-state index is -1.07. The molecular weight excluding hydrogens is 266 g/mol. The zero-order valence-corrected chi connectivity index (χ0v) is 10.7. The number of benzene rings is 1. The second-order valence-electron chi connectivity index (χ2n) is 4.22. The van der Waals surface area contributed by atoms with Crippen molar-refractivity contribution in [3.63, 3.8) is 0 Å². The molecule has 6 heteroatoms. The lowest BCUT2D eigenvalue weighted by Crippen LogP contribution is -2.48. The van der Waals surface area contributed by atoms with Crippen molar-refractivity contribution in [2.75, 3.05) is 6.61 Å². The number of β-lactam (4-membered cyclic amide) rings is 1. The molecule has 1 aromatic rings. The van der Waals surface area contributed by atoms with E-state index in [2.05, 4.69) is 0 Å². The summed E-state index contributed by atoms with van der Waals surface area (Å²) >= 11 is 1.40. The highest BCUT2D eigenvalue weighted by atomic mass is 32.2. The fourth-order valence-corrected chi connectivity index (χ4v) is 3.40. The van der Waals surface area contributed by atoms with Gasteiger partial charge < -0.3 is 9.84 Å². The van der Waals surface area contributed by atoms with Crippen LogP contribution in [0.1, 0.15) is 6.42 Å². The van der Waals surface area contributed by atoms with E-state index in [9.17, 15) is 14.7 Å². The number of aliphatic carboxylic acids is 1. The summed E-state index contributed by atoms with van der Waals surface area (Å²) in [6, 6.07) is 9.19. The summed E-state index contributed by atoms with van der Waals surface area (Å²) in [4.78, 5) is 24.6. The molecule has 0 spiro atoms. The van der Waals surface area contributed by atoms with Gasteiger partial charge in [0.2, 0.25) is 5.91 Å². The molecule has 2 aliphatic rings. The Hall–Kier alpha value is -1.95. The van der Waals surface area contributed by atoms with Crippen LogP contribution < -0.4 is 4.74 Å². The van der Waals surface area contributed by atoms with Crippen molar-refractivity contribution < 1.29 is 19.4 Å². The molecule has 0 aliphatic carbocycles. The molecule has 1 fully saturated rings. The minimum Gasteiger partial charge on any atom is -0.488 e. The lowest BCUT2D eigenvalue weighted by Gasteiger charge is -2.33. The van der Waals surface area contributed by atoms with E-state index in [0.29, 0.717) is 17.1 Å². The molecule has 0 saturated carbocycles. The van der Waals surface area contributed by atoms with Gasteiger partial charge in [-0.1, -0.05) is 30.0 Å². The zero-order valence-electron chi connectivity index (χ0n) is 9.91. The number of hydrogen-bond donors (Lipinski definition) is 1. The van der Waals surface area contributed by atoms with E-state index in [1.807, 2.05) is 18.2 Å². The molecule has 98 valence electrons. The first-order valence-corrected chi connectivity index (χ1v) is 6.68. The zero-order chi connectivity index (χ0) is 13.4. The van der Waals surface area contributed by atoms with E-state index in [0.717, 1.165) is 0 Å². The van der Waals surface area contributed by atoms with Crippen molar-refractivity contribution in [1.29, 1.82) is 0 Å². The number of para-hydroxylation sites is 1. The second-order valence-corrected chi connectivity index (χ2v) is 5.49. The van der Waals surface area contributed by atoms with Crippen LogP contribution in [0, 0.1) is 0 Å². The van der Waals surface area contributed by atoms with Crippen LogP contribution in [0.15, 0.2) is 40.9 Å². The van der Waals surface area contributed by atoms with Gasteiger partial charge in [-0.3, -0.25) is 9.69 Å². The van der Waals surface area contributed by atoms with Crippen LogP contribution in [0.2, 0.25) is 0 Å². The first-order chi connectivity index (χ1) is 9.16. The van der Waals surface area contributed by atoms with Crippen molar-refractivity contribution in [2.45, 2.75) is 11.8 Å². The smallest absolute Gasteiger partial charge is 0.353 e. The molecule has 0 bridgehead atoms. The number of amides is 1. The third-order valence-corrected chi connectivity index (χ3v) is 4.25. The molecule has 1 N–H and O–H groups in total. The maximum Gasteiger partial charge on any atom is 0.353 e. The number of carbonyl (C=O) groups is 2. The van der Waals surface area contributed by atoms with Crippen LogP contribution >= 0.6 is 11.8 Å². The van der Waals surface area contributed by atoms with Crippen LogP contribution in [-0.2, 0) is 9.59 Å². The van der Waals surface area contributed by atoms with Gasteiger partial charge in [-0.05, 0) is 12.1 Å². The van der Waals surface area contributed by atoms with Crippen LogP contribution in [0.3, 0.4) is 0 Å². The Morgan fingerprint density at radius 3 is 2.79 bits per heavy atom. The Morgan fingerprint density at radius 1 is 1.42 bits per heavy atom. The summed E-state index contributed by atoms with van der Waals surface area (Å²) in [6.45, 7) is 0.177. The summed E-state index contributed by atoms with van der Waals surface area (Å²) in [7, 11) is 0. The Morgan fingerprint density at radius 2 is 2.16 bits per heavy atom. The van der Waals surface area contributed by atoms with Gasteiger partial charge >= 0.3 is 5.97 Å². The average Bonchev–Trinajstić information content (AvgIpc) is 2.70. The van der Waals surface area contributed by atoms with Crippen LogP contribution in [0.4, 0.5) is 0 Å². The summed E-state index contributed by atoms with van der Waals surface area (Å²) < 4.78 is 5.55. The lowest BCUT2D eigenvalue weighted by molar-refractivity contribution is -0.145. The fraction of sp³-hybridized carbons (Fsp3) is 0.231. The van der Waals surface area contributed by atoms with Gasteiger partial charge in [0.15, 0.2) is 0 Å². The number of carboxylic acids is 1. The minimum absolute atomic E-state index is 0.0621. The normalized spacial score (nSPS) is 21.2. The molecule has 2 heterocycles. The quantitative estimate of drug-likeness (QED) is 0.848. The molecule has 2 aliphatic heterocycles. The number of thioether (sulfide) groups is 1. The van der Waals surface area contributed by atoms with E-state index >= 15 is 0 Å². The molecule has 1 aromatic carbocycles. The van der Waals surface area contributed by atoms with Gasteiger partial charge in [0.25, 0.3) is 0 Å². The number of carbonyl (C=O) groups excluding carboxylic acids is 1. The highest BCUT2D eigenvalue weighted by Crippen LogP contribution is 2.46. The van der Waals surface area contributed by atoms with Gasteiger partial charge in [0.1, 0.15) is 18.1 Å². The largest absolute Gasteiger partial charge is 0.488 e. The van der Waals surface area contributed by atoms with Gasteiger partial charge in [-0.2, -0.15) is 0 Å². The van der Waals surface area contributed by atoms with E-state index in [4.69, 9.17) is 4.74 Å². The first-order valence-electron chi connectivity index (χ1n) is 5.80. The van der Waals surface area contributed by atoms with Crippen LogP contribution in [0.25, 0.3) is 0 Å². The van der Waals surface area contributed by atoms with Gasteiger partial charge in [-0.25, -0.2) is 4.79 Å². The maximum atomic E-state index is 11.4. The maximum absolute atomic E-state index is 11.4. The fourth-order valence-electron chi connectivity index (χ4n) is 2.09. The predicted molar refractivity (Wildman–Crippen MR) is 69.4 cm³/mol. The topological polar surface area (TPSA) is 66.8 Å². The predicted octanol–water partition coefficient (Wildman–Crippen LogP) is 1.67. The van der Waals surface area contributed by atoms with Crippen LogP contribution in [-0.4, -0.2) is 33.9 Å². The molecule has 3 rings (SSSR count). The number of carboxylic acid groups (broad SMARTS) is 1. The Balaban J connectivity index is 1.77. The molecule has 1 atom stereocenters. The summed E-state index contributed by atoms with van der Waals surface area (Å²) in [5.74, 6) is -0.528. The van der Waals surface area contributed by atoms with Crippen molar-refractivity contribution in [1.82, 2.24) is 4.90 Å². The van der Waals surface area contributed by atoms with Gasteiger partial charge in [-0.15, -0.1) is 0 Å². The van der Waals surface area contributed by atoms with Gasteiger partial charge in [0.05, 0.1) is 16.7 Å².